The van der Waals surface area contributed by atoms with Gasteiger partial charge in [-0.05, 0) is 43.4 Å². The second-order valence-corrected chi connectivity index (χ2v) is 7.06. The Balaban J connectivity index is 1.56. The van der Waals surface area contributed by atoms with Crippen molar-refractivity contribution in [3.8, 4) is 17.5 Å². The van der Waals surface area contributed by atoms with Crippen LogP contribution < -0.4 is 4.90 Å². The molecular weight excluding hydrogens is 353 g/mol. The van der Waals surface area contributed by atoms with Crippen molar-refractivity contribution in [1.29, 1.82) is 5.26 Å². The smallest absolute Gasteiger partial charge is 0.231 e. The number of nitriles is 1. The van der Waals surface area contributed by atoms with Crippen LogP contribution in [0.15, 0.2) is 28.8 Å². The minimum Gasteiger partial charge on any atom is -0.360 e. The quantitative estimate of drug-likeness (QED) is 0.697. The highest BCUT2D eigenvalue weighted by atomic mass is 32.1. The first-order chi connectivity index (χ1) is 12.7. The third-order valence-corrected chi connectivity index (χ3v) is 5.54. The molecule has 0 radical (unpaired) electrons. The number of benzene rings is 1. The molecule has 8 heteroatoms. The van der Waals surface area contributed by atoms with Crippen molar-refractivity contribution in [2.24, 2.45) is 0 Å². The van der Waals surface area contributed by atoms with Crippen LogP contribution in [0.25, 0.3) is 11.4 Å². The van der Waals surface area contributed by atoms with Crippen LogP contribution in [-0.4, -0.2) is 27.6 Å². The van der Waals surface area contributed by atoms with Crippen LogP contribution in [0.3, 0.4) is 0 Å². The first kappa shape index (κ1) is 16.7. The summed E-state index contributed by atoms with van der Waals surface area (Å²) in [5, 5.41) is 14.3. The topological polar surface area (TPSA) is 78.8 Å². The molecule has 0 N–H and O–H groups in total. The number of anilines is 1. The molecule has 3 heterocycles. The first-order valence-corrected chi connectivity index (χ1v) is 9.14. The van der Waals surface area contributed by atoms with Crippen molar-refractivity contribution in [3.05, 3.63) is 47.2 Å². The lowest BCUT2D eigenvalue weighted by molar-refractivity contribution is 0.333. The maximum absolute atomic E-state index is 13.4. The fourth-order valence-corrected chi connectivity index (χ4v) is 4.09. The second kappa shape index (κ2) is 6.84. The fraction of sp³-hybridized carbons (Fsp3) is 0.333. The molecule has 0 amide bonds. The zero-order chi connectivity index (χ0) is 18.1. The summed E-state index contributed by atoms with van der Waals surface area (Å²) >= 11 is 1.35. The number of aryl methyl sites for hydroxylation is 1. The predicted molar refractivity (Wildman–Crippen MR) is 95.4 cm³/mol. The summed E-state index contributed by atoms with van der Waals surface area (Å²) in [5.41, 5.74) is 2.00. The van der Waals surface area contributed by atoms with E-state index in [1.165, 1.54) is 23.7 Å². The van der Waals surface area contributed by atoms with Gasteiger partial charge in [0.1, 0.15) is 22.5 Å². The van der Waals surface area contributed by atoms with Crippen molar-refractivity contribution in [3.63, 3.8) is 0 Å². The van der Waals surface area contributed by atoms with E-state index in [4.69, 9.17) is 4.52 Å². The SMILES string of the molecule is Cc1nsc(N2CCCC(c3nc(-c4cccc(F)c4)no3)C2)c1C#N. The highest BCUT2D eigenvalue weighted by molar-refractivity contribution is 7.10. The summed E-state index contributed by atoms with van der Waals surface area (Å²) in [7, 11) is 0. The number of rotatable bonds is 3. The Morgan fingerprint density at radius 3 is 3.12 bits per heavy atom. The van der Waals surface area contributed by atoms with Gasteiger partial charge in [0.05, 0.1) is 11.6 Å². The molecule has 0 bridgehead atoms. The third kappa shape index (κ3) is 3.06. The van der Waals surface area contributed by atoms with Crippen LogP contribution in [0.5, 0.6) is 0 Å². The molecule has 1 aliphatic rings. The number of halogens is 1. The highest BCUT2D eigenvalue weighted by Gasteiger charge is 2.29. The lowest BCUT2D eigenvalue weighted by Crippen LogP contribution is -2.34. The Labute approximate surface area is 154 Å². The van der Waals surface area contributed by atoms with Gasteiger partial charge in [-0.25, -0.2) is 4.39 Å². The van der Waals surface area contributed by atoms with Gasteiger partial charge in [-0.15, -0.1) is 0 Å². The van der Waals surface area contributed by atoms with Crippen molar-refractivity contribution >= 4 is 16.5 Å². The van der Waals surface area contributed by atoms with Crippen LogP contribution in [0.4, 0.5) is 9.39 Å². The average molecular weight is 369 g/mol. The lowest BCUT2D eigenvalue weighted by atomic mass is 9.98. The number of nitrogens with zero attached hydrogens (tertiary/aromatic N) is 5. The Hall–Kier alpha value is -2.79. The van der Waals surface area contributed by atoms with Crippen molar-refractivity contribution in [2.75, 3.05) is 18.0 Å². The van der Waals surface area contributed by atoms with E-state index in [2.05, 4.69) is 25.5 Å². The molecule has 6 nitrogen and oxygen atoms in total. The number of aromatic nitrogens is 3. The van der Waals surface area contributed by atoms with E-state index < -0.39 is 0 Å². The van der Waals surface area contributed by atoms with Gasteiger partial charge >= 0.3 is 0 Å². The monoisotopic (exact) mass is 369 g/mol. The lowest BCUT2D eigenvalue weighted by Gasteiger charge is -2.31. The molecule has 26 heavy (non-hydrogen) atoms. The van der Waals surface area contributed by atoms with Crippen molar-refractivity contribution in [2.45, 2.75) is 25.7 Å². The van der Waals surface area contributed by atoms with Crippen molar-refractivity contribution < 1.29 is 8.91 Å². The molecule has 2 aromatic heterocycles. The summed E-state index contributed by atoms with van der Waals surface area (Å²) in [6, 6.07) is 8.40. The van der Waals surface area contributed by atoms with Gasteiger partial charge in [0.2, 0.25) is 11.7 Å². The molecular formula is C18H16FN5OS. The van der Waals surface area contributed by atoms with Gasteiger partial charge in [-0.3, -0.25) is 0 Å². The minimum absolute atomic E-state index is 0.0764. The number of piperidine rings is 1. The average Bonchev–Trinajstić information content (AvgIpc) is 3.28. The van der Waals surface area contributed by atoms with Crippen molar-refractivity contribution in [1.82, 2.24) is 14.5 Å². The molecule has 1 atom stereocenters. The van der Waals surface area contributed by atoms with E-state index >= 15 is 0 Å². The number of hydrogen-bond donors (Lipinski definition) is 0. The molecule has 1 unspecified atom stereocenters. The molecule has 1 aliphatic heterocycles. The maximum Gasteiger partial charge on any atom is 0.231 e. The molecule has 1 aromatic carbocycles. The van der Waals surface area contributed by atoms with Gasteiger partial charge in [0.15, 0.2) is 0 Å². The Morgan fingerprint density at radius 2 is 2.31 bits per heavy atom. The van der Waals surface area contributed by atoms with Gasteiger partial charge in [-0.1, -0.05) is 17.3 Å². The standard InChI is InChI=1S/C18H16FN5OS/c1-11-15(9-20)18(26-23-11)24-7-3-5-13(10-24)17-21-16(22-25-17)12-4-2-6-14(19)8-12/h2,4,6,8,13H,3,5,7,10H2,1H3. The van der Waals surface area contributed by atoms with Crippen LogP contribution in [-0.2, 0) is 0 Å². The molecule has 0 aliphatic carbocycles. The van der Waals surface area contributed by atoms with E-state index in [-0.39, 0.29) is 11.7 Å². The molecule has 1 fully saturated rings. The summed E-state index contributed by atoms with van der Waals surface area (Å²) in [6.07, 6.45) is 1.89. The summed E-state index contributed by atoms with van der Waals surface area (Å²) in [6.45, 7) is 3.42. The van der Waals surface area contributed by atoms with Crippen LogP contribution in [0.1, 0.15) is 35.9 Å². The molecule has 1 saturated heterocycles. The van der Waals surface area contributed by atoms with E-state index in [0.717, 1.165) is 30.1 Å². The number of hydrogen-bond acceptors (Lipinski definition) is 7. The summed E-state index contributed by atoms with van der Waals surface area (Å²) < 4.78 is 23.2. The van der Waals surface area contributed by atoms with Gasteiger partial charge in [0.25, 0.3) is 0 Å². The summed E-state index contributed by atoms with van der Waals surface area (Å²) in [4.78, 5) is 6.64. The minimum atomic E-state index is -0.331. The molecule has 3 aromatic rings. The van der Waals surface area contributed by atoms with Crippen LogP contribution in [0, 0.1) is 24.1 Å². The molecule has 4 rings (SSSR count). The summed E-state index contributed by atoms with van der Waals surface area (Å²) in [5.74, 6) is 0.687. The Bertz CT molecular complexity index is 976. The third-order valence-electron chi connectivity index (χ3n) is 4.54. The van der Waals surface area contributed by atoms with E-state index in [9.17, 15) is 9.65 Å². The van der Waals surface area contributed by atoms with Crippen LogP contribution in [0.2, 0.25) is 0 Å². The van der Waals surface area contributed by atoms with Gasteiger partial charge in [-0.2, -0.15) is 14.6 Å². The van der Waals surface area contributed by atoms with E-state index in [1.807, 2.05) is 6.92 Å². The first-order valence-electron chi connectivity index (χ1n) is 8.36. The van der Waals surface area contributed by atoms with Crippen LogP contribution >= 0.6 is 11.5 Å². The zero-order valence-electron chi connectivity index (χ0n) is 14.1. The molecule has 132 valence electrons. The van der Waals surface area contributed by atoms with Gasteiger partial charge in [0, 0.05) is 18.7 Å². The largest absolute Gasteiger partial charge is 0.360 e. The Kier molecular flexibility index (Phi) is 4.39. The van der Waals surface area contributed by atoms with E-state index in [0.29, 0.717) is 29.4 Å². The fourth-order valence-electron chi connectivity index (χ4n) is 3.21. The normalized spacial score (nSPS) is 17.3. The zero-order valence-corrected chi connectivity index (χ0v) is 15.0. The second-order valence-electron chi connectivity index (χ2n) is 6.31. The van der Waals surface area contributed by atoms with E-state index in [1.54, 1.807) is 12.1 Å². The Morgan fingerprint density at radius 1 is 1.42 bits per heavy atom. The predicted octanol–water partition coefficient (Wildman–Crippen LogP) is 3.90. The maximum atomic E-state index is 13.4. The molecule has 0 saturated carbocycles. The highest BCUT2D eigenvalue weighted by Crippen LogP contribution is 2.34. The van der Waals surface area contributed by atoms with Gasteiger partial charge < -0.3 is 9.42 Å². The molecule has 0 spiro atoms.